The molecule has 4 atom stereocenters. The Morgan fingerprint density at radius 1 is 1.02 bits per heavy atom. The molecule has 47 heavy (non-hydrogen) atoms. The summed E-state index contributed by atoms with van der Waals surface area (Å²) < 4.78 is 10.4. The second kappa shape index (κ2) is 13.6. The van der Waals surface area contributed by atoms with E-state index >= 15 is 0 Å². The van der Waals surface area contributed by atoms with Gasteiger partial charge in [0.25, 0.3) is 0 Å². The molecule has 6 rings (SSSR count). The van der Waals surface area contributed by atoms with E-state index in [4.69, 9.17) is 30.1 Å². The summed E-state index contributed by atoms with van der Waals surface area (Å²) >= 11 is 0. The molecule has 0 amide bonds. The van der Waals surface area contributed by atoms with E-state index in [9.17, 15) is 14.7 Å². The Labute approximate surface area is 292 Å². The van der Waals surface area contributed by atoms with Crippen LogP contribution in [0, 0.1) is 25.7 Å². The number of aliphatic hydroxyl groups excluding tert-OH is 1. The normalized spacial score (nSPS) is 25.3. The molecule has 3 aliphatic heterocycles. The van der Waals surface area contributed by atoms with Gasteiger partial charge in [-0.3, -0.25) is 4.79 Å². The van der Waals surface area contributed by atoms with Crippen LogP contribution in [0.15, 0.2) is 39.9 Å². The van der Waals surface area contributed by atoms with Crippen molar-refractivity contribution in [3.63, 3.8) is 0 Å². The fourth-order valence-corrected chi connectivity index (χ4v) is 7.52. The van der Waals surface area contributed by atoms with E-state index in [1.165, 1.54) is 12.7 Å². The van der Waals surface area contributed by atoms with Crippen LogP contribution in [-0.4, -0.2) is 59.9 Å². The van der Waals surface area contributed by atoms with Gasteiger partial charge in [-0.2, -0.15) is 5.70 Å². The first-order valence-corrected chi connectivity index (χ1v) is 16.3. The number of esters is 2. The van der Waals surface area contributed by atoms with Crippen molar-refractivity contribution < 1.29 is 24.2 Å². The Kier molecular flexibility index (Phi) is 10.1. The molecule has 0 aromatic carbocycles. The van der Waals surface area contributed by atoms with E-state index in [0.29, 0.717) is 41.2 Å². The number of hydrogen-bond donors (Lipinski definition) is 1. The van der Waals surface area contributed by atoms with E-state index in [1.54, 1.807) is 6.92 Å². The first kappa shape index (κ1) is 34.8. The first-order chi connectivity index (χ1) is 22.0. The van der Waals surface area contributed by atoms with Gasteiger partial charge in [-0.15, -0.1) is 39.6 Å². The third-order valence-corrected chi connectivity index (χ3v) is 10.1. The van der Waals surface area contributed by atoms with Crippen molar-refractivity contribution in [3.8, 4) is 0 Å². The Morgan fingerprint density at radius 2 is 1.77 bits per heavy atom. The zero-order valence-electron chi connectivity index (χ0n) is 28.7. The second-order valence-electron chi connectivity index (χ2n) is 12.5. The standard InChI is InChI=1S/C37H43N4O5.Mg/c1-9-21-17(4)24-14-26-19(6)23(12-13-30(42)46-11-3)34(40-26)32-33(37(44)45-8)36(43)31-20(7)27(41-35(31)32)16-29-22(10-2)18(5)25(39-29)15-28(21)38-24;/h14-16,19,21,28,36,43H,9-13H2,1-8H3,(H-,39,41,44);/q-3;+2/p-1/b25-15-,26-14-;/t19-,21+,28?,36+;/m0./s1. The maximum Gasteiger partial charge on any atom is 2.00 e. The molecule has 0 saturated carbocycles. The van der Waals surface area contributed by atoms with Gasteiger partial charge < -0.3 is 35.2 Å². The molecule has 0 saturated heterocycles. The largest absolute Gasteiger partial charge is 2.00 e. The van der Waals surface area contributed by atoms with Gasteiger partial charge in [-0.25, -0.2) is 4.79 Å². The SMILES string of the molecule is CCOC(=O)CCC1=C2[N-]/C(=C\C3=C(C)[C@@H](CC)C(/C=c4\[n-]/c(c(CC)c4C)=C\c4[n-]c5c(c4C)[C@@H](O)C(C(=O)OC)=C25)[N-]3)[C@H]1C.[Mg+2]. The average molecular weight is 647 g/mol. The summed E-state index contributed by atoms with van der Waals surface area (Å²) in [5.74, 6) is -0.896. The molecule has 0 spiro atoms. The van der Waals surface area contributed by atoms with Crippen LogP contribution < -0.4 is 20.7 Å². The van der Waals surface area contributed by atoms with Crippen LogP contribution in [0.3, 0.4) is 0 Å². The topological polar surface area (TPSA) is 129 Å². The fraction of sp³-hybridized carbons (Fsp3) is 0.459. The Bertz CT molecular complexity index is 1890. The van der Waals surface area contributed by atoms with E-state index in [1.807, 2.05) is 19.1 Å². The molecule has 2 aromatic rings. The van der Waals surface area contributed by atoms with Gasteiger partial charge in [0, 0.05) is 6.42 Å². The van der Waals surface area contributed by atoms with Gasteiger partial charge in [0.05, 0.1) is 19.3 Å². The smallest absolute Gasteiger partial charge is 0.678 e. The summed E-state index contributed by atoms with van der Waals surface area (Å²) in [4.78, 5) is 36.0. The quantitative estimate of drug-likeness (QED) is 0.345. The minimum Gasteiger partial charge on any atom is -0.678 e. The van der Waals surface area contributed by atoms with Crippen LogP contribution >= 0.6 is 0 Å². The molecule has 0 fully saturated rings. The summed E-state index contributed by atoms with van der Waals surface area (Å²) in [6.45, 7) is 14.6. The minimum atomic E-state index is -1.24. The van der Waals surface area contributed by atoms with Crippen LogP contribution in [0.5, 0.6) is 0 Å². The Morgan fingerprint density at radius 3 is 2.43 bits per heavy atom. The Hall–Kier alpha value is -3.47. The van der Waals surface area contributed by atoms with Crippen molar-refractivity contribution >= 4 is 52.7 Å². The van der Waals surface area contributed by atoms with Crippen molar-refractivity contribution in [2.45, 2.75) is 86.3 Å². The van der Waals surface area contributed by atoms with Gasteiger partial charge in [0.1, 0.15) is 6.10 Å². The van der Waals surface area contributed by atoms with Crippen molar-refractivity contribution in [3.05, 3.63) is 94.9 Å². The third-order valence-electron chi connectivity index (χ3n) is 10.1. The van der Waals surface area contributed by atoms with Gasteiger partial charge >= 0.3 is 35.0 Å². The number of ether oxygens (including phenoxy) is 2. The number of hydrogen-bond acceptors (Lipinski definition) is 5. The van der Waals surface area contributed by atoms with E-state index in [0.717, 1.165) is 57.2 Å². The molecule has 1 unspecified atom stereocenters. The molecule has 2 aromatic heterocycles. The molecule has 1 aliphatic carbocycles. The second-order valence-corrected chi connectivity index (χ2v) is 12.5. The molecule has 10 heteroatoms. The third kappa shape index (κ3) is 5.72. The maximum atomic E-state index is 13.3. The summed E-state index contributed by atoms with van der Waals surface area (Å²) in [7, 11) is 1.30. The maximum absolute atomic E-state index is 13.3. The monoisotopic (exact) mass is 646 g/mol. The number of methoxy groups -OCH3 is 1. The van der Waals surface area contributed by atoms with Crippen LogP contribution in [0.2, 0.25) is 0 Å². The number of fused-ring (bicyclic) bond motifs is 8. The van der Waals surface area contributed by atoms with Crippen LogP contribution in [-0.2, 0) is 25.5 Å². The van der Waals surface area contributed by atoms with Crippen molar-refractivity contribution in [2.75, 3.05) is 13.7 Å². The van der Waals surface area contributed by atoms with Crippen LogP contribution in [0.4, 0.5) is 0 Å². The predicted octanol–water partition coefficient (Wildman–Crippen LogP) is 4.56. The Balaban J connectivity index is 0.00000433. The van der Waals surface area contributed by atoms with Crippen LogP contribution in [0.25, 0.3) is 28.4 Å². The van der Waals surface area contributed by atoms with Gasteiger partial charge in [0.2, 0.25) is 0 Å². The summed E-state index contributed by atoms with van der Waals surface area (Å²) in [6.07, 6.45) is 7.25. The van der Waals surface area contributed by atoms with Crippen molar-refractivity contribution in [1.82, 2.24) is 9.97 Å². The molecule has 1 N–H and O–H groups in total. The van der Waals surface area contributed by atoms with Gasteiger partial charge in [-0.1, -0.05) is 73.2 Å². The predicted molar refractivity (Wildman–Crippen MR) is 182 cm³/mol. The number of nitrogens with zero attached hydrogens (tertiary/aromatic N) is 4. The molecule has 244 valence electrons. The summed E-state index contributed by atoms with van der Waals surface area (Å²) in [5.41, 5.74) is 9.66. The minimum absolute atomic E-state index is 0. The van der Waals surface area contributed by atoms with Gasteiger partial charge in [-0.05, 0) is 63.5 Å². The number of carbonyl (C=O) groups is 2. The van der Waals surface area contributed by atoms with E-state index < -0.39 is 12.1 Å². The van der Waals surface area contributed by atoms with Crippen molar-refractivity contribution in [2.24, 2.45) is 11.8 Å². The van der Waals surface area contributed by atoms with Crippen LogP contribution in [0.1, 0.15) is 93.6 Å². The zero-order valence-corrected chi connectivity index (χ0v) is 30.1. The van der Waals surface area contributed by atoms with Crippen molar-refractivity contribution in [1.29, 1.82) is 0 Å². The molecule has 0 radical (unpaired) electrons. The number of allylic oxidation sites excluding steroid dienone is 3. The van der Waals surface area contributed by atoms with E-state index in [2.05, 4.69) is 40.7 Å². The van der Waals surface area contributed by atoms with Gasteiger partial charge in [0.15, 0.2) is 0 Å². The molecule has 5 heterocycles. The number of aromatic nitrogens is 2. The first-order valence-electron chi connectivity index (χ1n) is 16.3. The van der Waals surface area contributed by atoms with E-state index in [-0.39, 0.29) is 58.9 Å². The molecular weight excluding hydrogens is 605 g/mol. The molecule has 4 aliphatic rings. The molecule has 8 bridgehead atoms. The number of aliphatic hydroxyl groups is 1. The zero-order chi connectivity index (χ0) is 33.0. The molecule has 9 nitrogen and oxygen atoms in total. The average Bonchev–Trinajstić information content (AvgIpc) is 3.77. The summed E-state index contributed by atoms with van der Waals surface area (Å²) in [5, 5.41) is 23.8. The summed E-state index contributed by atoms with van der Waals surface area (Å²) in [6, 6.07) is -0.0595. The number of rotatable bonds is 7. The molecular formula is C37H42MgN4O5-2. The fourth-order valence-electron chi connectivity index (χ4n) is 7.52. The number of carbonyl (C=O) groups excluding carboxylic acids is 2.